The van der Waals surface area contributed by atoms with Gasteiger partial charge in [0.1, 0.15) is 11.5 Å². The lowest BCUT2D eigenvalue weighted by Gasteiger charge is -2.32. The topological polar surface area (TPSA) is 93.0 Å². The highest BCUT2D eigenvalue weighted by molar-refractivity contribution is 7.89. The molecule has 2 heterocycles. The maximum atomic E-state index is 12.9. The van der Waals surface area contributed by atoms with Crippen LogP contribution in [0.25, 0.3) is 0 Å². The third kappa shape index (κ3) is 4.67. The maximum Gasteiger partial charge on any atom is 0.243 e. The lowest BCUT2D eigenvalue weighted by molar-refractivity contribution is -0.135. The summed E-state index contributed by atoms with van der Waals surface area (Å²) in [5.41, 5.74) is 1.70. The molecule has 0 saturated carbocycles. The average molecular weight is 436 g/mol. The van der Waals surface area contributed by atoms with Crippen LogP contribution >= 0.6 is 0 Å². The Balaban J connectivity index is 1.60. The van der Waals surface area contributed by atoms with Crippen LogP contribution in [-0.2, 0) is 21.4 Å². The van der Waals surface area contributed by atoms with E-state index in [1.807, 2.05) is 20.8 Å². The van der Waals surface area contributed by atoms with Gasteiger partial charge in [0.05, 0.1) is 23.7 Å². The fourth-order valence-corrected chi connectivity index (χ4v) is 5.19. The summed E-state index contributed by atoms with van der Waals surface area (Å²) in [5.74, 6) is 1.18. The van der Waals surface area contributed by atoms with Crippen molar-refractivity contribution in [3.05, 3.63) is 41.3 Å². The number of carbonyl (C=O) groups is 1. The van der Waals surface area contributed by atoms with E-state index >= 15 is 0 Å². The second-order valence-electron chi connectivity index (χ2n) is 7.58. The van der Waals surface area contributed by atoms with Gasteiger partial charge < -0.3 is 14.2 Å². The zero-order chi connectivity index (χ0) is 21.9. The Bertz CT molecular complexity index is 957. The Morgan fingerprint density at radius 1 is 1.23 bits per heavy atom. The minimum Gasteiger partial charge on any atom is -0.494 e. The minimum absolute atomic E-state index is 0.0214. The highest BCUT2D eigenvalue weighted by atomic mass is 32.2. The van der Waals surface area contributed by atoms with Crippen molar-refractivity contribution in [3.8, 4) is 5.75 Å². The van der Waals surface area contributed by atoms with Crippen LogP contribution in [0.4, 0.5) is 0 Å². The van der Waals surface area contributed by atoms with E-state index in [0.29, 0.717) is 50.6 Å². The van der Waals surface area contributed by atoms with Crippen molar-refractivity contribution in [3.63, 3.8) is 0 Å². The molecule has 0 aliphatic carbocycles. The fraction of sp³-hybridized carbons (Fsp3) is 0.524. The normalized spacial score (nSPS) is 15.9. The van der Waals surface area contributed by atoms with Gasteiger partial charge in [-0.3, -0.25) is 4.79 Å². The van der Waals surface area contributed by atoms with Gasteiger partial charge >= 0.3 is 0 Å². The quantitative estimate of drug-likeness (QED) is 0.664. The molecule has 1 amide bonds. The van der Waals surface area contributed by atoms with Crippen molar-refractivity contribution in [2.45, 2.75) is 45.1 Å². The van der Waals surface area contributed by atoms with Gasteiger partial charge in [-0.25, -0.2) is 8.42 Å². The molecular formula is C21H29N3O5S. The highest BCUT2D eigenvalue weighted by Crippen LogP contribution is 2.27. The average Bonchev–Trinajstić information content (AvgIpc) is 3.06. The molecule has 0 spiro atoms. The van der Waals surface area contributed by atoms with Crippen LogP contribution in [0, 0.1) is 19.8 Å². The zero-order valence-electron chi connectivity index (χ0n) is 17.9. The number of piperidine rings is 1. The van der Waals surface area contributed by atoms with E-state index in [-0.39, 0.29) is 16.7 Å². The van der Waals surface area contributed by atoms with Gasteiger partial charge in [0.2, 0.25) is 15.9 Å². The van der Waals surface area contributed by atoms with Crippen LogP contribution in [0.2, 0.25) is 0 Å². The number of benzene rings is 1. The molecule has 3 rings (SSSR count). The number of amides is 1. The number of sulfonamides is 1. The summed E-state index contributed by atoms with van der Waals surface area (Å²) in [6, 6.07) is 6.45. The van der Waals surface area contributed by atoms with Gasteiger partial charge in [-0.15, -0.1) is 0 Å². The molecule has 8 nitrogen and oxygen atoms in total. The van der Waals surface area contributed by atoms with Crippen molar-refractivity contribution in [2.75, 3.05) is 26.7 Å². The maximum absolute atomic E-state index is 12.9. The van der Waals surface area contributed by atoms with Gasteiger partial charge in [0, 0.05) is 31.6 Å². The Morgan fingerprint density at radius 3 is 2.40 bits per heavy atom. The predicted octanol–water partition coefficient (Wildman–Crippen LogP) is 2.75. The Labute approximate surface area is 177 Å². The number of hydrogen-bond acceptors (Lipinski definition) is 6. The first-order chi connectivity index (χ1) is 14.2. The van der Waals surface area contributed by atoms with Crippen molar-refractivity contribution in [1.29, 1.82) is 0 Å². The molecule has 0 radical (unpaired) electrons. The molecule has 0 bridgehead atoms. The number of aromatic nitrogens is 1. The summed E-state index contributed by atoms with van der Waals surface area (Å²) < 4.78 is 37.9. The minimum atomic E-state index is -3.58. The molecule has 1 aliphatic rings. The van der Waals surface area contributed by atoms with Gasteiger partial charge in [0.15, 0.2) is 0 Å². The first-order valence-electron chi connectivity index (χ1n) is 10.1. The van der Waals surface area contributed by atoms with E-state index in [0.717, 1.165) is 11.3 Å². The molecule has 1 aliphatic heterocycles. The monoisotopic (exact) mass is 435 g/mol. The summed E-state index contributed by atoms with van der Waals surface area (Å²) in [6.45, 7) is 7.17. The van der Waals surface area contributed by atoms with E-state index in [2.05, 4.69) is 5.16 Å². The van der Waals surface area contributed by atoms with Crippen molar-refractivity contribution < 1.29 is 22.5 Å². The first kappa shape index (κ1) is 22.3. The number of nitrogens with zero attached hydrogens (tertiary/aromatic N) is 3. The van der Waals surface area contributed by atoms with E-state index in [4.69, 9.17) is 9.26 Å². The smallest absolute Gasteiger partial charge is 0.243 e. The summed E-state index contributed by atoms with van der Waals surface area (Å²) >= 11 is 0. The van der Waals surface area contributed by atoms with Crippen LogP contribution in [0.3, 0.4) is 0 Å². The van der Waals surface area contributed by atoms with Crippen molar-refractivity contribution in [2.24, 2.45) is 5.92 Å². The SMILES string of the molecule is CCOc1ccc(S(=O)(=O)N2CCC(C(=O)N(C)Cc3c(C)noc3C)CC2)cc1. The molecule has 0 N–H and O–H groups in total. The Hall–Kier alpha value is -2.39. The van der Waals surface area contributed by atoms with Gasteiger partial charge in [-0.1, -0.05) is 5.16 Å². The van der Waals surface area contributed by atoms with E-state index in [1.54, 1.807) is 36.2 Å². The standard InChI is InChI=1S/C21H29N3O5S/c1-5-28-18-6-8-19(9-7-18)30(26,27)24-12-10-17(11-13-24)21(25)23(4)14-20-15(2)22-29-16(20)3/h6-9,17H,5,10-14H2,1-4H3. The molecule has 164 valence electrons. The molecule has 30 heavy (non-hydrogen) atoms. The predicted molar refractivity (Wildman–Crippen MR) is 112 cm³/mol. The highest BCUT2D eigenvalue weighted by Gasteiger charge is 2.33. The fourth-order valence-electron chi connectivity index (χ4n) is 3.72. The second-order valence-corrected chi connectivity index (χ2v) is 9.52. The molecule has 1 fully saturated rings. The summed E-state index contributed by atoms with van der Waals surface area (Å²) in [7, 11) is -1.82. The largest absolute Gasteiger partial charge is 0.494 e. The Kier molecular flexibility index (Phi) is 6.82. The molecule has 1 aromatic heterocycles. The van der Waals surface area contributed by atoms with Gasteiger partial charge in [-0.05, 0) is 57.9 Å². The van der Waals surface area contributed by atoms with E-state index < -0.39 is 10.0 Å². The summed E-state index contributed by atoms with van der Waals surface area (Å²) in [6.07, 6.45) is 1.00. The molecule has 0 unspecified atom stereocenters. The third-order valence-corrected chi connectivity index (χ3v) is 7.44. The number of rotatable bonds is 7. The second kappa shape index (κ2) is 9.18. The van der Waals surface area contributed by atoms with Crippen LogP contribution in [0.5, 0.6) is 5.75 Å². The van der Waals surface area contributed by atoms with Crippen LogP contribution in [0.15, 0.2) is 33.7 Å². The van der Waals surface area contributed by atoms with Crippen LogP contribution < -0.4 is 4.74 Å². The molecule has 2 aromatic rings. The van der Waals surface area contributed by atoms with Crippen LogP contribution in [0.1, 0.15) is 36.8 Å². The lowest BCUT2D eigenvalue weighted by atomic mass is 9.96. The molecule has 9 heteroatoms. The van der Waals surface area contributed by atoms with Gasteiger partial charge in [0.25, 0.3) is 0 Å². The number of carbonyl (C=O) groups excluding carboxylic acids is 1. The summed E-state index contributed by atoms with van der Waals surface area (Å²) in [5, 5.41) is 3.93. The van der Waals surface area contributed by atoms with E-state index in [1.165, 1.54) is 4.31 Å². The molecule has 1 saturated heterocycles. The van der Waals surface area contributed by atoms with Gasteiger partial charge in [-0.2, -0.15) is 4.31 Å². The molecular weight excluding hydrogens is 406 g/mol. The lowest BCUT2D eigenvalue weighted by Crippen LogP contribution is -2.43. The third-order valence-electron chi connectivity index (χ3n) is 5.53. The Morgan fingerprint density at radius 2 is 1.87 bits per heavy atom. The zero-order valence-corrected chi connectivity index (χ0v) is 18.7. The summed E-state index contributed by atoms with van der Waals surface area (Å²) in [4.78, 5) is 14.8. The molecule has 1 aromatic carbocycles. The number of aryl methyl sites for hydroxylation is 2. The van der Waals surface area contributed by atoms with E-state index in [9.17, 15) is 13.2 Å². The van der Waals surface area contributed by atoms with Crippen molar-refractivity contribution >= 4 is 15.9 Å². The first-order valence-corrected chi connectivity index (χ1v) is 11.6. The number of ether oxygens (including phenoxy) is 1. The molecule has 0 atom stereocenters. The van der Waals surface area contributed by atoms with Crippen LogP contribution in [-0.4, -0.2) is 55.4 Å². The number of hydrogen-bond donors (Lipinski definition) is 0. The van der Waals surface area contributed by atoms with Crippen molar-refractivity contribution in [1.82, 2.24) is 14.4 Å².